The van der Waals surface area contributed by atoms with E-state index in [1.807, 2.05) is 24.3 Å². The summed E-state index contributed by atoms with van der Waals surface area (Å²) in [5, 5.41) is 7.51. The molecule has 0 fully saturated rings. The van der Waals surface area contributed by atoms with Gasteiger partial charge >= 0.3 is 12.1 Å². The molecule has 0 spiro atoms. The van der Waals surface area contributed by atoms with Gasteiger partial charge in [0.1, 0.15) is 5.00 Å². The topological polar surface area (TPSA) is 71.1 Å². The maximum absolute atomic E-state index is 12.4. The number of rotatable bonds is 4. The van der Waals surface area contributed by atoms with E-state index < -0.39 is 18.0 Å². The van der Waals surface area contributed by atoms with Gasteiger partial charge in [-0.05, 0) is 23.6 Å². The summed E-state index contributed by atoms with van der Waals surface area (Å²) >= 11 is 5.34. The van der Waals surface area contributed by atoms with Crippen LogP contribution >= 0.6 is 38.6 Å². The Labute approximate surface area is 167 Å². The molecular formula is C16H9BrF3N3O2S2. The fourth-order valence-electron chi connectivity index (χ4n) is 2.01. The third kappa shape index (κ3) is 4.73. The summed E-state index contributed by atoms with van der Waals surface area (Å²) in [7, 11) is 0. The Hall–Kier alpha value is -2.24. The minimum absolute atomic E-state index is 0.0713. The average molecular weight is 476 g/mol. The van der Waals surface area contributed by atoms with E-state index in [1.54, 1.807) is 10.7 Å². The number of carbonyl (C=O) groups excluding carboxylic acids is 2. The number of hydrogen-bond acceptors (Lipinski definition) is 5. The van der Waals surface area contributed by atoms with Crippen LogP contribution in [-0.2, 0) is 4.79 Å². The van der Waals surface area contributed by atoms with Crippen LogP contribution < -0.4 is 10.6 Å². The number of carbonyl (C=O) groups is 2. The summed E-state index contributed by atoms with van der Waals surface area (Å²) in [5.41, 5.74) is 1.43. The predicted molar refractivity (Wildman–Crippen MR) is 102 cm³/mol. The van der Waals surface area contributed by atoms with Crippen molar-refractivity contribution < 1.29 is 22.8 Å². The quantitative estimate of drug-likeness (QED) is 0.531. The van der Waals surface area contributed by atoms with Crippen LogP contribution in [0.2, 0.25) is 0 Å². The highest BCUT2D eigenvalue weighted by molar-refractivity contribution is 9.10. The largest absolute Gasteiger partial charge is 0.471 e. The number of aromatic nitrogens is 1. The predicted octanol–water partition coefficient (Wildman–Crippen LogP) is 5.39. The third-order valence-corrected chi connectivity index (χ3v) is 5.38. The highest BCUT2D eigenvalue weighted by atomic mass is 79.9. The van der Waals surface area contributed by atoms with E-state index in [9.17, 15) is 22.8 Å². The zero-order valence-electron chi connectivity index (χ0n) is 13.1. The van der Waals surface area contributed by atoms with Crippen molar-refractivity contribution >= 4 is 60.6 Å². The number of nitrogens with zero attached hydrogens (tertiary/aromatic N) is 1. The maximum atomic E-state index is 12.4. The number of benzene rings is 1. The van der Waals surface area contributed by atoms with E-state index in [2.05, 4.69) is 26.2 Å². The fraction of sp³-hybridized carbons (Fsp3) is 0.0625. The molecule has 2 N–H and O–H groups in total. The summed E-state index contributed by atoms with van der Waals surface area (Å²) in [6.07, 6.45) is -5.04. The second-order valence-corrected chi connectivity index (χ2v) is 7.80. The second kappa shape index (κ2) is 7.79. The molecule has 2 amide bonds. The molecule has 0 unspecified atom stereocenters. The van der Waals surface area contributed by atoms with Crippen LogP contribution in [-0.4, -0.2) is 23.0 Å². The summed E-state index contributed by atoms with van der Waals surface area (Å²) in [5.74, 6) is -2.80. The molecule has 3 aromatic rings. The third-order valence-electron chi connectivity index (χ3n) is 3.26. The van der Waals surface area contributed by atoms with Crippen molar-refractivity contribution in [3.05, 3.63) is 51.1 Å². The molecule has 27 heavy (non-hydrogen) atoms. The number of alkyl halides is 3. The fourth-order valence-corrected chi connectivity index (χ4v) is 3.77. The monoisotopic (exact) mass is 475 g/mol. The summed E-state index contributed by atoms with van der Waals surface area (Å²) in [6, 6.07) is 8.75. The Balaban J connectivity index is 1.73. The van der Waals surface area contributed by atoms with Gasteiger partial charge < -0.3 is 5.32 Å². The van der Waals surface area contributed by atoms with Gasteiger partial charge in [-0.25, -0.2) is 4.98 Å². The highest BCUT2D eigenvalue weighted by Crippen LogP contribution is 2.29. The highest BCUT2D eigenvalue weighted by Gasteiger charge is 2.39. The van der Waals surface area contributed by atoms with E-state index in [0.717, 1.165) is 21.4 Å². The minimum Gasteiger partial charge on any atom is -0.309 e. The van der Waals surface area contributed by atoms with Crippen molar-refractivity contribution in [2.75, 3.05) is 10.6 Å². The molecule has 0 saturated heterocycles. The molecule has 0 atom stereocenters. The molecule has 11 heteroatoms. The molecule has 0 bridgehead atoms. The first kappa shape index (κ1) is 19.5. The standard InChI is InChI=1S/C16H9BrF3N3O2S2/c17-9-3-1-8(2-4-9)11-7-27-15(21-11)22-12(24)10-5-6-26-13(10)23-14(25)16(18,19)20/h1-7H,(H,23,25)(H,21,22,24). The summed E-state index contributed by atoms with van der Waals surface area (Å²) < 4.78 is 38.1. The van der Waals surface area contributed by atoms with Crippen LogP contribution in [0.15, 0.2) is 45.6 Å². The molecule has 0 radical (unpaired) electrons. The lowest BCUT2D eigenvalue weighted by atomic mass is 10.2. The Kier molecular flexibility index (Phi) is 5.63. The van der Waals surface area contributed by atoms with Gasteiger partial charge in [-0.15, -0.1) is 22.7 Å². The lowest BCUT2D eigenvalue weighted by Gasteiger charge is -2.08. The maximum Gasteiger partial charge on any atom is 0.471 e. The molecule has 2 heterocycles. The van der Waals surface area contributed by atoms with Gasteiger partial charge in [0.05, 0.1) is 11.3 Å². The second-order valence-electron chi connectivity index (χ2n) is 5.11. The Bertz CT molecular complexity index is 983. The number of hydrogen-bond donors (Lipinski definition) is 2. The van der Waals surface area contributed by atoms with Crippen LogP contribution in [0.5, 0.6) is 0 Å². The van der Waals surface area contributed by atoms with Crippen molar-refractivity contribution in [1.29, 1.82) is 0 Å². The van der Waals surface area contributed by atoms with E-state index >= 15 is 0 Å². The number of thiophene rings is 1. The van der Waals surface area contributed by atoms with Crippen LogP contribution in [0, 0.1) is 0 Å². The summed E-state index contributed by atoms with van der Waals surface area (Å²) in [4.78, 5) is 27.7. The van der Waals surface area contributed by atoms with Crippen LogP contribution in [0.3, 0.4) is 0 Å². The number of anilines is 2. The summed E-state index contributed by atoms with van der Waals surface area (Å²) in [6.45, 7) is 0. The normalized spacial score (nSPS) is 11.3. The first-order valence-electron chi connectivity index (χ1n) is 7.22. The van der Waals surface area contributed by atoms with E-state index in [1.165, 1.54) is 22.8 Å². The lowest BCUT2D eigenvalue weighted by Crippen LogP contribution is -2.30. The van der Waals surface area contributed by atoms with E-state index in [-0.39, 0.29) is 15.7 Å². The molecular weight excluding hydrogens is 467 g/mol. The van der Waals surface area contributed by atoms with Crippen molar-refractivity contribution in [2.45, 2.75) is 6.18 Å². The molecule has 1 aromatic carbocycles. The molecule has 0 aliphatic rings. The molecule has 5 nitrogen and oxygen atoms in total. The molecule has 0 aliphatic heterocycles. The van der Waals surface area contributed by atoms with Gasteiger partial charge in [0.25, 0.3) is 5.91 Å². The Morgan fingerprint density at radius 1 is 1.04 bits per heavy atom. The van der Waals surface area contributed by atoms with Gasteiger partial charge in [-0.3, -0.25) is 14.9 Å². The SMILES string of the molecule is O=C(Nc1nc(-c2ccc(Br)cc2)cs1)c1ccsc1NC(=O)C(F)(F)F. The zero-order chi connectivity index (χ0) is 19.6. The Morgan fingerprint density at radius 3 is 2.41 bits per heavy atom. The number of amides is 2. The molecule has 3 rings (SSSR count). The van der Waals surface area contributed by atoms with Gasteiger partial charge in [-0.2, -0.15) is 13.2 Å². The van der Waals surface area contributed by atoms with Crippen LogP contribution in [0.25, 0.3) is 11.3 Å². The first-order valence-corrected chi connectivity index (χ1v) is 9.78. The van der Waals surface area contributed by atoms with Crippen molar-refractivity contribution in [1.82, 2.24) is 4.98 Å². The van der Waals surface area contributed by atoms with Crippen molar-refractivity contribution in [3.8, 4) is 11.3 Å². The molecule has 0 aliphatic carbocycles. The van der Waals surface area contributed by atoms with E-state index in [4.69, 9.17) is 0 Å². The van der Waals surface area contributed by atoms with Crippen LogP contribution in [0.1, 0.15) is 10.4 Å². The van der Waals surface area contributed by atoms with Gasteiger partial charge in [0, 0.05) is 15.4 Å². The molecule has 0 saturated carbocycles. The molecule has 2 aromatic heterocycles. The Morgan fingerprint density at radius 2 is 1.74 bits per heavy atom. The minimum atomic E-state index is -5.04. The van der Waals surface area contributed by atoms with Gasteiger partial charge in [-0.1, -0.05) is 28.1 Å². The zero-order valence-corrected chi connectivity index (χ0v) is 16.4. The van der Waals surface area contributed by atoms with Crippen molar-refractivity contribution in [3.63, 3.8) is 0 Å². The molecule has 140 valence electrons. The average Bonchev–Trinajstić information content (AvgIpc) is 3.24. The van der Waals surface area contributed by atoms with Crippen molar-refractivity contribution in [2.24, 2.45) is 0 Å². The van der Waals surface area contributed by atoms with Crippen LogP contribution in [0.4, 0.5) is 23.3 Å². The number of halogens is 4. The van der Waals surface area contributed by atoms with Gasteiger partial charge in [0.15, 0.2) is 5.13 Å². The lowest BCUT2D eigenvalue weighted by molar-refractivity contribution is -0.167. The van der Waals surface area contributed by atoms with Gasteiger partial charge in [0.2, 0.25) is 0 Å². The smallest absolute Gasteiger partial charge is 0.309 e. The number of thiazole rings is 1. The number of nitrogens with one attached hydrogen (secondary N) is 2. The first-order chi connectivity index (χ1) is 12.7. The van der Waals surface area contributed by atoms with E-state index in [0.29, 0.717) is 5.69 Å².